The number of amides is 1. The highest BCUT2D eigenvalue weighted by Crippen LogP contribution is 2.35. The number of aryl methyl sites for hydroxylation is 2. The average molecular weight is 639 g/mol. The molecule has 1 N–H and O–H groups in total. The van der Waals surface area contributed by atoms with E-state index in [0.717, 1.165) is 17.1 Å². The van der Waals surface area contributed by atoms with E-state index in [4.69, 9.17) is 23.4 Å². The maximum atomic E-state index is 12.7. The van der Waals surface area contributed by atoms with E-state index in [1.807, 2.05) is 24.3 Å². The van der Waals surface area contributed by atoms with Gasteiger partial charge >= 0.3 is 11.9 Å². The maximum Gasteiger partial charge on any atom is 0.347 e. The van der Waals surface area contributed by atoms with E-state index in [1.54, 1.807) is 38.1 Å². The first-order valence-corrected chi connectivity index (χ1v) is 14.0. The lowest BCUT2D eigenvalue weighted by Gasteiger charge is -2.18. The minimum Gasteiger partial charge on any atom is -0.493 e. The van der Waals surface area contributed by atoms with Crippen molar-refractivity contribution in [1.82, 2.24) is 9.99 Å². The van der Waals surface area contributed by atoms with Gasteiger partial charge < -0.3 is 27.9 Å². The van der Waals surface area contributed by atoms with Crippen molar-refractivity contribution in [1.29, 1.82) is 0 Å². The molecular weight excluding hydrogens is 606 g/mol. The summed E-state index contributed by atoms with van der Waals surface area (Å²) in [6, 6.07) is 18.5. The zero-order valence-electron chi connectivity index (χ0n) is 24.0. The summed E-state index contributed by atoms with van der Waals surface area (Å²) in [4.78, 5) is 24.7. The number of halogens is 1. The minimum absolute atomic E-state index is 0.0684. The first-order valence-electron chi connectivity index (χ1n) is 13.2. The molecule has 0 spiro atoms. The molecule has 11 heteroatoms. The first-order chi connectivity index (χ1) is 20.2. The van der Waals surface area contributed by atoms with Crippen LogP contribution >= 0.6 is 15.9 Å². The summed E-state index contributed by atoms with van der Waals surface area (Å²) in [6.45, 7) is 7.78. The SMILES string of the molecule is CCOC(=O)[C@@H](C)Oc1c(/C=N/NC(=O)c2ccc(COc3ccc(-n4c(C)ccc4C)cc3)o2)cc(Br)cc1OC. The van der Waals surface area contributed by atoms with Crippen molar-refractivity contribution in [3.63, 3.8) is 0 Å². The lowest BCUT2D eigenvalue weighted by Crippen LogP contribution is -2.26. The number of benzene rings is 2. The van der Waals surface area contributed by atoms with E-state index in [1.165, 1.54) is 13.3 Å². The number of furan rings is 1. The van der Waals surface area contributed by atoms with Crippen molar-refractivity contribution in [3.05, 3.63) is 93.6 Å². The van der Waals surface area contributed by atoms with Gasteiger partial charge in [0, 0.05) is 27.1 Å². The van der Waals surface area contributed by atoms with E-state index in [2.05, 4.69) is 57.0 Å². The Hall–Kier alpha value is -4.51. The Bertz CT molecular complexity index is 1550. The van der Waals surface area contributed by atoms with Crippen LogP contribution < -0.4 is 19.6 Å². The van der Waals surface area contributed by atoms with Crippen molar-refractivity contribution < 1.29 is 33.0 Å². The number of hydrogen-bond donors (Lipinski definition) is 1. The van der Waals surface area contributed by atoms with E-state index in [-0.39, 0.29) is 24.7 Å². The smallest absolute Gasteiger partial charge is 0.347 e. The Balaban J connectivity index is 1.37. The van der Waals surface area contributed by atoms with Gasteiger partial charge in [-0.2, -0.15) is 5.10 Å². The fourth-order valence-corrected chi connectivity index (χ4v) is 4.62. The predicted molar refractivity (Wildman–Crippen MR) is 161 cm³/mol. The molecule has 0 aliphatic rings. The second-order valence-corrected chi connectivity index (χ2v) is 10.2. The van der Waals surface area contributed by atoms with Crippen LogP contribution in [0.15, 0.2) is 74.7 Å². The summed E-state index contributed by atoms with van der Waals surface area (Å²) in [6.07, 6.45) is 0.488. The zero-order chi connectivity index (χ0) is 30.2. The number of carbonyl (C=O) groups is 2. The van der Waals surface area contributed by atoms with Gasteiger partial charge in [0.15, 0.2) is 23.4 Å². The van der Waals surface area contributed by atoms with Crippen LogP contribution in [0.2, 0.25) is 0 Å². The third-order valence-corrected chi connectivity index (χ3v) is 6.64. The molecule has 220 valence electrons. The summed E-state index contributed by atoms with van der Waals surface area (Å²) in [5.74, 6) is 0.786. The number of aromatic nitrogens is 1. The quantitative estimate of drug-likeness (QED) is 0.113. The number of methoxy groups -OCH3 is 1. The zero-order valence-corrected chi connectivity index (χ0v) is 25.6. The Morgan fingerprint density at radius 3 is 2.45 bits per heavy atom. The van der Waals surface area contributed by atoms with Gasteiger partial charge in [-0.25, -0.2) is 10.2 Å². The largest absolute Gasteiger partial charge is 0.493 e. The molecule has 0 aliphatic carbocycles. The number of nitrogens with one attached hydrogen (secondary N) is 1. The predicted octanol–water partition coefficient (Wildman–Crippen LogP) is 6.13. The monoisotopic (exact) mass is 637 g/mol. The molecule has 42 heavy (non-hydrogen) atoms. The normalized spacial score (nSPS) is 11.8. The molecule has 0 saturated heterocycles. The fraction of sp³-hybridized carbons (Fsp3) is 0.258. The standard InChI is InChI=1S/C31H32BrN3O7/c1-6-39-31(37)21(4)41-29-22(15-23(32)16-28(29)38-5)17-33-34-30(36)27-14-13-26(42-27)18-40-25-11-9-24(10-12-25)35-19(2)7-8-20(35)3/h7-17,21H,6,18H2,1-5H3,(H,34,36)/b33-17+/t21-/m1/s1. The summed E-state index contributed by atoms with van der Waals surface area (Å²) in [7, 11) is 1.48. The topological polar surface area (TPSA) is 114 Å². The van der Waals surface area contributed by atoms with Gasteiger partial charge in [0.2, 0.25) is 0 Å². The molecule has 0 saturated carbocycles. The molecule has 1 atom stereocenters. The van der Waals surface area contributed by atoms with Crippen LogP contribution in [0.3, 0.4) is 0 Å². The average Bonchev–Trinajstić information content (AvgIpc) is 3.59. The van der Waals surface area contributed by atoms with Crippen molar-refractivity contribution >= 4 is 34.0 Å². The molecule has 4 rings (SSSR count). The molecule has 2 aromatic heterocycles. The van der Waals surface area contributed by atoms with Crippen molar-refractivity contribution in [3.8, 4) is 22.9 Å². The van der Waals surface area contributed by atoms with Gasteiger partial charge in [0.1, 0.15) is 18.1 Å². The van der Waals surface area contributed by atoms with Gasteiger partial charge in [-0.05, 0) is 88.4 Å². The molecule has 4 aromatic rings. The molecule has 2 heterocycles. The van der Waals surface area contributed by atoms with Gasteiger partial charge in [-0.3, -0.25) is 4.79 Å². The highest BCUT2D eigenvalue weighted by Gasteiger charge is 2.21. The number of esters is 1. The van der Waals surface area contributed by atoms with E-state index >= 15 is 0 Å². The van der Waals surface area contributed by atoms with Crippen LogP contribution in [-0.2, 0) is 16.1 Å². The summed E-state index contributed by atoms with van der Waals surface area (Å²) in [5, 5.41) is 4.04. The Morgan fingerprint density at radius 2 is 1.79 bits per heavy atom. The molecule has 0 fully saturated rings. The minimum atomic E-state index is -0.892. The summed E-state index contributed by atoms with van der Waals surface area (Å²) in [5.41, 5.74) is 6.25. The van der Waals surface area contributed by atoms with Crippen molar-refractivity contribution in [2.24, 2.45) is 5.10 Å². The Kier molecular flexibility index (Phi) is 10.1. The molecule has 0 aliphatic heterocycles. The van der Waals surface area contributed by atoms with Crippen LogP contribution in [-0.4, -0.2) is 42.5 Å². The lowest BCUT2D eigenvalue weighted by molar-refractivity contribution is -0.150. The molecule has 0 unspecified atom stereocenters. The number of hydrogen-bond acceptors (Lipinski definition) is 8. The molecule has 0 radical (unpaired) electrons. The number of ether oxygens (including phenoxy) is 4. The first kappa shape index (κ1) is 30.4. The van der Waals surface area contributed by atoms with Gasteiger partial charge in [-0.15, -0.1) is 0 Å². The van der Waals surface area contributed by atoms with Crippen LogP contribution in [0.1, 0.15) is 47.1 Å². The highest BCUT2D eigenvalue weighted by molar-refractivity contribution is 9.10. The Morgan fingerprint density at radius 1 is 1.07 bits per heavy atom. The van der Waals surface area contributed by atoms with Gasteiger partial charge in [0.05, 0.1) is 19.9 Å². The molecule has 1 amide bonds. The van der Waals surface area contributed by atoms with Crippen LogP contribution in [0.4, 0.5) is 0 Å². The van der Waals surface area contributed by atoms with Crippen LogP contribution in [0.5, 0.6) is 17.2 Å². The van der Waals surface area contributed by atoms with Crippen LogP contribution in [0.25, 0.3) is 5.69 Å². The molecular formula is C31H32BrN3O7. The third-order valence-electron chi connectivity index (χ3n) is 6.18. The van der Waals surface area contributed by atoms with Gasteiger partial charge in [0.25, 0.3) is 0 Å². The molecule has 2 aromatic carbocycles. The third kappa shape index (κ3) is 7.41. The lowest BCUT2D eigenvalue weighted by atomic mass is 10.2. The second-order valence-electron chi connectivity index (χ2n) is 9.24. The highest BCUT2D eigenvalue weighted by atomic mass is 79.9. The van der Waals surface area contributed by atoms with E-state index < -0.39 is 18.0 Å². The van der Waals surface area contributed by atoms with E-state index in [9.17, 15) is 9.59 Å². The van der Waals surface area contributed by atoms with Crippen LogP contribution in [0, 0.1) is 13.8 Å². The van der Waals surface area contributed by atoms with E-state index in [0.29, 0.717) is 27.3 Å². The van der Waals surface area contributed by atoms with Crippen molar-refractivity contribution in [2.45, 2.75) is 40.4 Å². The second kappa shape index (κ2) is 13.9. The molecule has 0 bridgehead atoms. The number of rotatable bonds is 12. The number of carbonyl (C=O) groups excluding carboxylic acids is 2. The Labute approximate surface area is 252 Å². The van der Waals surface area contributed by atoms with Gasteiger partial charge in [-0.1, -0.05) is 15.9 Å². The summed E-state index contributed by atoms with van der Waals surface area (Å²) >= 11 is 3.41. The summed E-state index contributed by atoms with van der Waals surface area (Å²) < 4.78 is 30.6. The number of hydrazone groups is 1. The maximum absolute atomic E-state index is 12.7. The fourth-order valence-electron chi connectivity index (χ4n) is 4.16. The number of nitrogens with zero attached hydrogens (tertiary/aromatic N) is 2. The molecule has 10 nitrogen and oxygen atoms in total. The van der Waals surface area contributed by atoms with Crippen molar-refractivity contribution in [2.75, 3.05) is 13.7 Å².